The minimum absolute atomic E-state index is 0.156. The van der Waals surface area contributed by atoms with Crippen molar-refractivity contribution >= 4 is 5.91 Å². The first-order valence-electron chi connectivity index (χ1n) is 29.9. The maximum Gasteiger partial charge on any atom is 0.220 e. The van der Waals surface area contributed by atoms with Gasteiger partial charge in [-0.25, -0.2) is 0 Å². The van der Waals surface area contributed by atoms with Crippen molar-refractivity contribution in [3.05, 3.63) is 48.6 Å². The van der Waals surface area contributed by atoms with E-state index in [0.29, 0.717) is 12.8 Å². The topological polar surface area (TPSA) is 89.8 Å². The van der Waals surface area contributed by atoms with Crippen molar-refractivity contribution in [3.63, 3.8) is 0 Å². The molecule has 0 rings (SSSR count). The first-order chi connectivity index (χ1) is 33.1. The van der Waals surface area contributed by atoms with Crippen molar-refractivity contribution in [2.75, 3.05) is 6.61 Å². The third-order valence-electron chi connectivity index (χ3n) is 13.9. The Bertz CT molecular complexity index is 1080. The zero-order chi connectivity index (χ0) is 48.6. The second-order valence-electron chi connectivity index (χ2n) is 20.5. The van der Waals surface area contributed by atoms with Crippen molar-refractivity contribution < 1.29 is 20.1 Å². The largest absolute Gasteiger partial charge is 0.394 e. The Morgan fingerprint density at radius 3 is 1.00 bits per heavy atom. The lowest BCUT2D eigenvalue weighted by molar-refractivity contribution is -0.124. The first-order valence-corrected chi connectivity index (χ1v) is 29.9. The number of nitrogens with one attached hydrogen (secondary N) is 1. The van der Waals surface area contributed by atoms with Crippen LogP contribution >= 0.6 is 0 Å². The van der Waals surface area contributed by atoms with Gasteiger partial charge in [-0.3, -0.25) is 4.79 Å². The lowest BCUT2D eigenvalue weighted by Gasteiger charge is -2.26. The van der Waals surface area contributed by atoms with Gasteiger partial charge in [-0.05, 0) is 83.5 Å². The molecule has 0 spiro atoms. The van der Waals surface area contributed by atoms with Gasteiger partial charge in [-0.2, -0.15) is 0 Å². The lowest BCUT2D eigenvalue weighted by atomic mass is 10.0. The number of carbonyl (C=O) groups is 1. The molecule has 0 saturated heterocycles. The molecule has 0 heterocycles. The van der Waals surface area contributed by atoms with E-state index in [2.05, 4.69) is 67.8 Å². The molecule has 0 bridgehead atoms. The molecule has 0 aliphatic heterocycles. The van der Waals surface area contributed by atoms with E-state index in [1.54, 1.807) is 0 Å². The molecule has 5 nitrogen and oxygen atoms in total. The number of aliphatic hydroxyl groups is 3. The van der Waals surface area contributed by atoms with Crippen LogP contribution in [-0.2, 0) is 4.79 Å². The Balaban J connectivity index is 3.57. The zero-order valence-electron chi connectivity index (χ0n) is 45.0. The molecule has 0 aromatic carbocycles. The van der Waals surface area contributed by atoms with Crippen LogP contribution in [0, 0.1) is 0 Å². The molecule has 0 aromatic heterocycles. The fourth-order valence-electron chi connectivity index (χ4n) is 9.27. The second-order valence-corrected chi connectivity index (χ2v) is 20.5. The van der Waals surface area contributed by atoms with Crippen LogP contribution in [0.3, 0.4) is 0 Å². The third kappa shape index (κ3) is 52.0. The van der Waals surface area contributed by atoms with Gasteiger partial charge in [-0.15, -0.1) is 0 Å². The summed E-state index contributed by atoms with van der Waals surface area (Å²) in [5.74, 6) is -0.156. The Morgan fingerprint density at radius 1 is 0.373 bits per heavy atom. The number of hydrogen-bond acceptors (Lipinski definition) is 4. The molecule has 0 saturated carbocycles. The first kappa shape index (κ1) is 65.3. The van der Waals surface area contributed by atoms with Crippen LogP contribution in [0.25, 0.3) is 0 Å². The van der Waals surface area contributed by atoms with Gasteiger partial charge in [0, 0.05) is 6.42 Å². The average Bonchev–Trinajstić information content (AvgIpc) is 3.33. The van der Waals surface area contributed by atoms with Crippen LogP contribution in [0.1, 0.15) is 316 Å². The number of hydrogen-bond donors (Lipinski definition) is 4. The van der Waals surface area contributed by atoms with Gasteiger partial charge in [0.1, 0.15) is 6.10 Å². The monoisotopic (exact) mass is 940 g/mol. The fourth-order valence-corrected chi connectivity index (χ4v) is 9.27. The van der Waals surface area contributed by atoms with Crippen LogP contribution in [0.15, 0.2) is 48.6 Å². The fraction of sp³-hybridized carbons (Fsp3) is 0.855. The van der Waals surface area contributed by atoms with E-state index in [1.165, 1.54) is 238 Å². The normalized spacial score (nSPS) is 13.6. The molecule has 0 aliphatic carbocycles. The molecule has 67 heavy (non-hydrogen) atoms. The molecular formula is C62H117NO4. The summed E-state index contributed by atoms with van der Waals surface area (Å²) in [5.41, 5.74) is 0. The predicted molar refractivity (Wildman–Crippen MR) is 296 cm³/mol. The molecule has 0 radical (unpaired) electrons. The van der Waals surface area contributed by atoms with Crippen LogP contribution in [0.4, 0.5) is 0 Å². The van der Waals surface area contributed by atoms with Crippen molar-refractivity contribution in [3.8, 4) is 0 Å². The highest BCUT2D eigenvalue weighted by molar-refractivity contribution is 5.76. The van der Waals surface area contributed by atoms with E-state index < -0.39 is 18.2 Å². The van der Waals surface area contributed by atoms with Gasteiger partial charge < -0.3 is 20.6 Å². The van der Waals surface area contributed by atoms with Crippen LogP contribution in [-0.4, -0.2) is 46.1 Å². The summed E-state index contributed by atoms with van der Waals surface area (Å²) in [4.78, 5) is 12.5. The Labute approximate surface area is 418 Å². The highest BCUT2D eigenvalue weighted by Gasteiger charge is 2.26. The van der Waals surface area contributed by atoms with Crippen molar-refractivity contribution in [1.82, 2.24) is 5.32 Å². The highest BCUT2D eigenvalue weighted by Crippen LogP contribution is 2.17. The summed E-state index contributed by atoms with van der Waals surface area (Å²) in [5, 5.41) is 33.8. The maximum absolute atomic E-state index is 12.5. The molecule has 5 heteroatoms. The summed E-state index contributed by atoms with van der Waals surface area (Å²) in [6.07, 6.45) is 75.7. The van der Waals surface area contributed by atoms with E-state index in [4.69, 9.17) is 0 Å². The second kappa shape index (κ2) is 56.9. The minimum Gasteiger partial charge on any atom is -0.394 e. The lowest BCUT2D eigenvalue weighted by Crippen LogP contribution is -2.50. The van der Waals surface area contributed by atoms with Crippen molar-refractivity contribution in [2.45, 2.75) is 334 Å². The molecule has 0 fully saturated rings. The highest BCUT2D eigenvalue weighted by atomic mass is 16.3. The van der Waals surface area contributed by atoms with Crippen LogP contribution in [0.2, 0.25) is 0 Å². The van der Waals surface area contributed by atoms with Gasteiger partial charge in [0.2, 0.25) is 5.91 Å². The predicted octanol–water partition coefficient (Wildman–Crippen LogP) is 18.8. The number of amides is 1. The molecular weight excluding hydrogens is 823 g/mol. The Kier molecular flexibility index (Phi) is 55.5. The summed E-state index contributed by atoms with van der Waals surface area (Å²) < 4.78 is 0. The smallest absolute Gasteiger partial charge is 0.220 e. The van der Waals surface area contributed by atoms with Gasteiger partial charge in [0.25, 0.3) is 0 Å². The maximum atomic E-state index is 12.5. The number of allylic oxidation sites excluding steroid dienone is 8. The molecule has 0 aliphatic rings. The van der Waals surface area contributed by atoms with E-state index in [1.807, 2.05) is 0 Å². The molecule has 4 N–H and O–H groups in total. The van der Waals surface area contributed by atoms with Gasteiger partial charge in [-0.1, -0.05) is 274 Å². The summed E-state index contributed by atoms with van der Waals surface area (Å²) >= 11 is 0. The standard InChI is InChI=1S/C62H117NO4/c1-3-5-7-9-11-13-15-17-19-21-23-25-27-28-29-30-31-32-33-34-35-37-39-41-43-45-47-49-51-53-55-57-61(66)63-59(58-64)62(67)60(65)56-54-52-50-48-46-44-42-40-38-36-26-24-22-20-18-16-14-12-10-8-6-4-2/h23,25,28-29,40,42,48,50,59-60,62,64-65,67H,3-22,24,26-27,30-39,41,43-47,49,51-58H2,1-2H3,(H,63,66)/b25-23-,29-28-,42-40+,50-48+. The zero-order valence-corrected chi connectivity index (χ0v) is 45.0. The molecule has 3 atom stereocenters. The van der Waals surface area contributed by atoms with Crippen molar-refractivity contribution in [2.24, 2.45) is 0 Å². The van der Waals surface area contributed by atoms with Crippen LogP contribution in [0.5, 0.6) is 0 Å². The third-order valence-corrected chi connectivity index (χ3v) is 13.9. The van der Waals surface area contributed by atoms with Crippen LogP contribution < -0.4 is 5.32 Å². The Morgan fingerprint density at radius 2 is 0.657 bits per heavy atom. The molecule has 0 aromatic rings. The molecule has 1 amide bonds. The number of rotatable bonds is 55. The summed E-state index contributed by atoms with van der Waals surface area (Å²) in [7, 11) is 0. The van der Waals surface area contributed by atoms with Gasteiger partial charge in [0.15, 0.2) is 0 Å². The molecule has 394 valence electrons. The average molecular weight is 941 g/mol. The molecule has 3 unspecified atom stereocenters. The minimum atomic E-state index is -1.17. The number of aliphatic hydroxyl groups excluding tert-OH is 3. The van der Waals surface area contributed by atoms with E-state index >= 15 is 0 Å². The quantitative estimate of drug-likeness (QED) is 0.0361. The summed E-state index contributed by atoms with van der Waals surface area (Å²) in [6.45, 7) is 4.19. The number of unbranched alkanes of at least 4 members (excludes halogenated alkanes) is 39. The van der Waals surface area contributed by atoms with Gasteiger partial charge >= 0.3 is 0 Å². The SMILES string of the molecule is CCCCCCCCCCC/C=C\C/C=C\CCCCCCCCCCCCCCCCCC(=O)NC(CO)C(O)C(O)CCC/C=C/CC/C=C/CCCCCCCCCCCCCCC. The van der Waals surface area contributed by atoms with E-state index in [0.717, 1.165) is 51.4 Å². The van der Waals surface area contributed by atoms with Crippen molar-refractivity contribution in [1.29, 1.82) is 0 Å². The van der Waals surface area contributed by atoms with E-state index in [-0.39, 0.29) is 12.5 Å². The number of carbonyl (C=O) groups excluding carboxylic acids is 1. The van der Waals surface area contributed by atoms with E-state index in [9.17, 15) is 20.1 Å². The Hall–Kier alpha value is -1.69. The summed E-state index contributed by atoms with van der Waals surface area (Å²) in [6, 6.07) is -0.834. The van der Waals surface area contributed by atoms with Gasteiger partial charge in [0.05, 0.1) is 18.8 Å².